The Balaban J connectivity index is 1.63. The molecule has 2 aromatic heterocycles. The van der Waals surface area contributed by atoms with Gasteiger partial charge in [0.1, 0.15) is 23.4 Å². The van der Waals surface area contributed by atoms with Gasteiger partial charge in [0.05, 0.1) is 7.11 Å². The maximum atomic E-state index is 14.9. The zero-order valence-corrected chi connectivity index (χ0v) is 16.1. The van der Waals surface area contributed by atoms with Crippen LogP contribution in [0.1, 0.15) is 29.7 Å². The summed E-state index contributed by atoms with van der Waals surface area (Å²) < 4.78 is 40.1. The van der Waals surface area contributed by atoms with Crippen molar-refractivity contribution >= 4 is 11.0 Å². The largest absolute Gasteiger partial charge is 0.493 e. The highest BCUT2D eigenvalue weighted by Gasteiger charge is 2.18. The van der Waals surface area contributed by atoms with Crippen molar-refractivity contribution in [3.8, 4) is 11.5 Å². The zero-order valence-electron chi connectivity index (χ0n) is 16.1. The number of aromatic nitrogens is 2. The van der Waals surface area contributed by atoms with E-state index in [-0.39, 0.29) is 11.6 Å². The molecule has 1 atom stereocenters. The molecule has 148 valence electrons. The predicted molar refractivity (Wildman–Crippen MR) is 107 cm³/mol. The second-order valence-electron chi connectivity index (χ2n) is 6.77. The van der Waals surface area contributed by atoms with Gasteiger partial charge in [-0.25, -0.2) is 13.8 Å². The number of ether oxygens (including phenoxy) is 2. The number of fused-ring (bicyclic) bond motifs is 1. The molecule has 1 N–H and O–H groups in total. The molecule has 0 fully saturated rings. The molecule has 0 aliphatic rings. The molecule has 0 radical (unpaired) electrons. The van der Waals surface area contributed by atoms with Gasteiger partial charge in [-0.3, -0.25) is 0 Å². The molecule has 0 aliphatic heterocycles. The van der Waals surface area contributed by atoms with Crippen LogP contribution >= 0.6 is 0 Å². The van der Waals surface area contributed by atoms with Gasteiger partial charge in [0.25, 0.3) is 0 Å². The van der Waals surface area contributed by atoms with E-state index < -0.39 is 11.9 Å². The van der Waals surface area contributed by atoms with Crippen LogP contribution in [0.25, 0.3) is 11.0 Å². The van der Waals surface area contributed by atoms with Crippen LogP contribution in [0.15, 0.2) is 60.9 Å². The first-order chi connectivity index (χ1) is 14.1. The van der Waals surface area contributed by atoms with Crippen LogP contribution in [0.2, 0.25) is 0 Å². The number of rotatable bonds is 6. The maximum Gasteiger partial charge on any atom is 0.165 e. The lowest BCUT2D eigenvalue weighted by molar-refractivity contribution is 0.210. The molecule has 0 saturated carbocycles. The van der Waals surface area contributed by atoms with Crippen molar-refractivity contribution in [1.82, 2.24) is 9.97 Å². The van der Waals surface area contributed by atoms with Crippen molar-refractivity contribution in [2.24, 2.45) is 0 Å². The molecule has 4 rings (SSSR count). The smallest absolute Gasteiger partial charge is 0.165 e. The lowest BCUT2D eigenvalue weighted by atomic mass is 10.0. The summed E-state index contributed by atoms with van der Waals surface area (Å²) in [5.41, 5.74) is 2.55. The van der Waals surface area contributed by atoms with E-state index in [0.717, 1.165) is 16.6 Å². The molecule has 0 amide bonds. The van der Waals surface area contributed by atoms with Gasteiger partial charge < -0.3 is 14.5 Å². The van der Waals surface area contributed by atoms with Crippen molar-refractivity contribution < 1.29 is 18.3 Å². The fourth-order valence-electron chi connectivity index (χ4n) is 3.39. The van der Waals surface area contributed by atoms with Gasteiger partial charge in [-0.15, -0.1) is 0 Å². The van der Waals surface area contributed by atoms with E-state index in [1.807, 2.05) is 18.3 Å². The molecule has 6 heteroatoms. The Labute approximate surface area is 167 Å². The molecule has 4 aromatic rings. The summed E-state index contributed by atoms with van der Waals surface area (Å²) in [6, 6.07) is 13.0. The van der Waals surface area contributed by atoms with Crippen LogP contribution < -0.4 is 9.47 Å². The Morgan fingerprint density at radius 1 is 1.00 bits per heavy atom. The Hall–Kier alpha value is -3.41. The average Bonchev–Trinajstić information content (AvgIpc) is 3.13. The molecule has 4 nitrogen and oxygen atoms in total. The Kier molecular flexibility index (Phi) is 5.16. The lowest BCUT2D eigenvalue weighted by Gasteiger charge is -2.19. The maximum absolute atomic E-state index is 14.9. The first-order valence-corrected chi connectivity index (χ1v) is 9.25. The highest BCUT2D eigenvalue weighted by molar-refractivity contribution is 5.79. The standard InChI is InChI=1S/C23H20F2N2O2/c1-14(17-6-3-4-8-19(17)24)29-22-12-20(25)15(11-21(22)28-2)10-16-13-27-23-18(16)7-5-9-26-23/h3-9,11-14H,10H2,1-2H3,(H,26,27). The average molecular weight is 394 g/mol. The number of nitrogens with one attached hydrogen (secondary N) is 1. The summed E-state index contributed by atoms with van der Waals surface area (Å²) in [6.07, 6.45) is 3.30. The van der Waals surface area contributed by atoms with Crippen LogP contribution in [-0.2, 0) is 6.42 Å². The first kappa shape index (κ1) is 18.9. The van der Waals surface area contributed by atoms with Gasteiger partial charge in [0.2, 0.25) is 0 Å². The predicted octanol–water partition coefficient (Wildman–Crippen LogP) is 5.58. The van der Waals surface area contributed by atoms with E-state index in [4.69, 9.17) is 9.47 Å². The molecule has 0 aliphatic carbocycles. The van der Waals surface area contributed by atoms with Gasteiger partial charge in [-0.1, -0.05) is 18.2 Å². The van der Waals surface area contributed by atoms with Crippen LogP contribution in [0.4, 0.5) is 8.78 Å². The zero-order chi connectivity index (χ0) is 20.4. The van der Waals surface area contributed by atoms with Crippen molar-refractivity contribution in [2.45, 2.75) is 19.4 Å². The number of H-pyrrole nitrogens is 1. The number of nitrogens with zero attached hydrogens (tertiary/aromatic N) is 1. The second kappa shape index (κ2) is 7.91. The van der Waals surface area contributed by atoms with Gasteiger partial charge in [0, 0.05) is 35.8 Å². The van der Waals surface area contributed by atoms with Crippen LogP contribution in [0.3, 0.4) is 0 Å². The topological polar surface area (TPSA) is 47.1 Å². The normalized spacial score (nSPS) is 12.1. The van der Waals surface area contributed by atoms with E-state index in [1.165, 1.54) is 19.2 Å². The van der Waals surface area contributed by atoms with Crippen molar-refractivity contribution in [2.75, 3.05) is 7.11 Å². The summed E-state index contributed by atoms with van der Waals surface area (Å²) in [4.78, 5) is 7.35. The summed E-state index contributed by atoms with van der Waals surface area (Å²) in [7, 11) is 1.49. The minimum absolute atomic E-state index is 0.227. The number of aromatic amines is 1. The molecule has 0 bridgehead atoms. The fourth-order valence-corrected chi connectivity index (χ4v) is 3.39. The van der Waals surface area contributed by atoms with E-state index >= 15 is 0 Å². The van der Waals surface area contributed by atoms with E-state index in [9.17, 15) is 8.78 Å². The lowest BCUT2D eigenvalue weighted by Crippen LogP contribution is -2.07. The fraction of sp³-hybridized carbons (Fsp3) is 0.174. The van der Waals surface area contributed by atoms with Crippen LogP contribution in [0, 0.1) is 11.6 Å². The quantitative estimate of drug-likeness (QED) is 0.464. The van der Waals surface area contributed by atoms with Crippen LogP contribution in [0.5, 0.6) is 11.5 Å². The SMILES string of the molecule is COc1cc(Cc2c[nH]c3ncccc23)c(F)cc1OC(C)c1ccccc1F. The third-order valence-electron chi connectivity index (χ3n) is 4.90. The number of halogens is 2. The Morgan fingerprint density at radius 2 is 1.83 bits per heavy atom. The first-order valence-electron chi connectivity index (χ1n) is 9.25. The number of methoxy groups -OCH3 is 1. The number of benzene rings is 2. The second-order valence-corrected chi connectivity index (χ2v) is 6.77. The molecule has 29 heavy (non-hydrogen) atoms. The summed E-state index contributed by atoms with van der Waals surface area (Å²) in [5.74, 6) is -0.170. The summed E-state index contributed by atoms with van der Waals surface area (Å²) in [6.45, 7) is 1.71. The van der Waals surface area contributed by atoms with Gasteiger partial charge in [-0.05, 0) is 42.3 Å². The molecular formula is C23H20F2N2O2. The van der Waals surface area contributed by atoms with Crippen LogP contribution in [-0.4, -0.2) is 17.1 Å². The van der Waals surface area contributed by atoms with Crippen molar-refractivity contribution in [1.29, 1.82) is 0 Å². The summed E-state index contributed by atoms with van der Waals surface area (Å²) >= 11 is 0. The van der Waals surface area contributed by atoms with E-state index in [0.29, 0.717) is 23.3 Å². The highest BCUT2D eigenvalue weighted by atomic mass is 19.1. The Morgan fingerprint density at radius 3 is 2.62 bits per heavy atom. The van der Waals surface area contributed by atoms with Crippen molar-refractivity contribution in [3.05, 3.63) is 89.2 Å². The third-order valence-corrected chi connectivity index (χ3v) is 4.90. The minimum Gasteiger partial charge on any atom is -0.493 e. The molecule has 0 saturated heterocycles. The number of hydrogen-bond donors (Lipinski definition) is 1. The number of hydrogen-bond acceptors (Lipinski definition) is 3. The van der Waals surface area contributed by atoms with Crippen molar-refractivity contribution in [3.63, 3.8) is 0 Å². The molecule has 2 aromatic carbocycles. The van der Waals surface area contributed by atoms with Gasteiger partial charge in [0.15, 0.2) is 11.5 Å². The van der Waals surface area contributed by atoms with E-state index in [1.54, 1.807) is 37.4 Å². The third kappa shape index (κ3) is 3.78. The van der Waals surface area contributed by atoms with Gasteiger partial charge >= 0.3 is 0 Å². The Bertz CT molecular complexity index is 1160. The molecular weight excluding hydrogens is 374 g/mol. The molecule has 1 unspecified atom stereocenters. The summed E-state index contributed by atoms with van der Waals surface area (Å²) in [5, 5.41) is 0.944. The number of pyridine rings is 1. The minimum atomic E-state index is -0.602. The monoisotopic (exact) mass is 394 g/mol. The highest BCUT2D eigenvalue weighted by Crippen LogP contribution is 2.35. The molecule has 2 heterocycles. The van der Waals surface area contributed by atoms with E-state index in [2.05, 4.69) is 9.97 Å². The molecule has 0 spiro atoms. The van der Waals surface area contributed by atoms with Gasteiger partial charge in [-0.2, -0.15) is 0 Å².